The summed E-state index contributed by atoms with van der Waals surface area (Å²) < 4.78 is 5.19. The Kier molecular flexibility index (Phi) is 4.70. The minimum Gasteiger partial charge on any atom is -0.467 e. The molecule has 1 amide bonds. The average Bonchev–Trinajstić information content (AvgIpc) is 2.96. The third-order valence-corrected chi connectivity index (χ3v) is 2.59. The molecule has 6 nitrogen and oxygen atoms in total. The molecule has 0 aliphatic heterocycles. The van der Waals surface area contributed by atoms with E-state index in [0.717, 1.165) is 5.76 Å². The van der Waals surface area contributed by atoms with Crippen LogP contribution in [0.25, 0.3) is 0 Å². The second kappa shape index (κ2) is 6.70. The summed E-state index contributed by atoms with van der Waals surface area (Å²) in [5.41, 5.74) is 0.453. The maximum Gasteiger partial charge on any atom is 0.254 e. The van der Waals surface area contributed by atoms with Crippen LogP contribution in [0.2, 0.25) is 0 Å². The van der Waals surface area contributed by atoms with E-state index < -0.39 is 0 Å². The fraction of sp³-hybridized carbons (Fsp3) is 0.357. The van der Waals surface area contributed by atoms with Crippen LogP contribution in [-0.2, 0) is 6.54 Å². The highest BCUT2D eigenvalue weighted by Gasteiger charge is 2.07. The Balaban J connectivity index is 1.87. The van der Waals surface area contributed by atoms with Crippen LogP contribution < -0.4 is 10.6 Å². The molecule has 2 N–H and O–H groups in total. The smallest absolute Gasteiger partial charge is 0.254 e. The highest BCUT2D eigenvalue weighted by atomic mass is 16.3. The first-order valence-corrected chi connectivity index (χ1v) is 6.51. The predicted molar refractivity (Wildman–Crippen MR) is 75.2 cm³/mol. The Morgan fingerprint density at radius 1 is 1.35 bits per heavy atom. The Morgan fingerprint density at radius 2 is 2.10 bits per heavy atom. The van der Waals surface area contributed by atoms with Gasteiger partial charge in [-0.25, -0.2) is 9.97 Å². The average molecular weight is 274 g/mol. The summed E-state index contributed by atoms with van der Waals surface area (Å²) in [7, 11) is 0. The van der Waals surface area contributed by atoms with Crippen molar-refractivity contribution in [2.24, 2.45) is 5.92 Å². The summed E-state index contributed by atoms with van der Waals surface area (Å²) in [5.74, 6) is 1.51. The molecule has 0 saturated carbocycles. The molecule has 6 heteroatoms. The van der Waals surface area contributed by atoms with E-state index in [1.807, 2.05) is 26.0 Å². The Hall–Kier alpha value is -2.37. The molecule has 0 aliphatic carbocycles. The van der Waals surface area contributed by atoms with Crippen LogP contribution >= 0.6 is 0 Å². The maximum absolute atomic E-state index is 11.8. The van der Waals surface area contributed by atoms with Crippen molar-refractivity contribution in [2.45, 2.75) is 20.4 Å². The summed E-state index contributed by atoms with van der Waals surface area (Å²) >= 11 is 0. The van der Waals surface area contributed by atoms with Crippen LogP contribution in [0.1, 0.15) is 30.0 Å². The van der Waals surface area contributed by atoms with E-state index in [2.05, 4.69) is 20.6 Å². The first-order valence-electron chi connectivity index (χ1n) is 6.51. The topological polar surface area (TPSA) is 80.0 Å². The third-order valence-electron chi connectivity index (χ3n) is 2.59. The maximum atomic E-state index is 11.8. The highest BCUT2D eigenvalue weighted by Crippen LogP contribution is 2.05. The van der Waals surface area contributed by atoms with Crippen molar-refractivity contribution in [3.63, 3.8) is 0 Å². The molecule has 106 valence electrons. The minimum atomic E-state index is -0.156. The van der Waals surface area contributed by atoms with E-state index in [9.17, 15) is 4.79 Å². The first-order chi connectivity index (χ1) is 9.65. The molecule has 0 aromatic carbocycles. The standard InChI is InChI=1S/C14H18N4O2/c1-10(2)6-15-13(19)11-7-16-14(17-8-11)18-9-12-4-3-5-20-12/h3-5,7-8,10H,6,9H2,1-2H3,(H,15,19)(H,16,17,18). The molecule has 2 aromatic heterocycles. The van der Waals surface area contributed by atoms with Gasteiger partial charge in [0.1, 0.15) is 5.76 Å². The lowest BCUT2D eigenvalue weighted by atomic mass is 10.2. The minimum absolute atomic E-state index is 0.156. The summed E-state index contributed by atoms with van der Waals surface area (Å²) in [6.07, 6.45) is 4.63. The molecular formula is C14H18N4O2. The van der Waals surface area contributed by atoms with E-state index in [1.54, 1.807) is 6.26 Å². The summed E-state index contributed by atoms with van der Waals surface area (Å²) in [5, 5.41) is 5.83. The van der Waals surface area contributed by atoms with Crippen molar-refractivity contribution in [1.82, 2.24) is 15.3 Å². The number of carbonyl (C=O) groups is 1. The number of hydrogen-bond acceptors (Lipinski definition) is 5. The number of rotatable bonds is 6. The number of amides is 1. The van der Waals surface area contributed by atoms with Crippen LogP contribution in [0, 0.1) is 5.92 Å². The number of anilines is 1. The van der Waals surface area contributed by atoms with Gasteiger partial charge in [-0.15, -0.1) is 0 Å². The van der Waals surface area contributed by atoms with Crippen LogP contribution in [-0.4, -0.2) is 22.4 Å². The molecule has 2 heterocycles. The second-order valence-corrected chi connectivity index (χ2v) is 4.83. The predicted octanol–water partition coefficient (Wildman–Crippen LogP) is 2.07. The molecule has 0 saturated heterocycles. The Bertz CT molecular complexity index is 535. The number of carbonyl (C=O) groups excluding carboxylic acids is 1. The number of furan rings is 1. The molecule has 0 fully saturated rings. The van der Waals surface area contributed by atoms with Crippen molar-refractivity contribution in [1.29, 1.82) is 0 Å². The van der Waals surface area contributed by atoms with Gasteiger partial charge in [-0.05, 0) is 18.1 Å². The monoisotopic (exact) mass is 274 g/mol. The van der Waals surface area contributed by atoms with Crippen molar-refractivity contribution >= 4 is 11.9 Å². The SMILES string of the molecule is CC(C)CNC(=O)c1cnc(NCc2ccco2)nc1. The molecule has 2 aromatic rings. The lowest BCUT2D eigenvalue weighted by molar-refractivity contribution is 0.0948. The van der Waals surface area contributed by atoms with Crippen molar-refractivity contribution < 1.29 is 9.21 Å². The van der Waals surface area contributed by atoms with Crippen LogP contribution in [0.15, 0.2) is 35.2 Å². The first kappa shape index (κ1) is 14.0. The van der Waals surface area contributed by atoms with E-state index in [-0.39, 0.29) is 5.91 Å². The fourth-order valence-corrected chi connectivity index (χ4v) is 1.51. The Labute approximate surface area is 117 Å². The molecular weight excluding hydrogens is 256 g/mol. The number of nitrogens with zero attached hydrogens (tertiary/aromatic N) is 2. The second-order valence-electron chi connectivity index (χ2n) is 4.83. The molecule has 0 spiro atoms. The molecule has 2 rings (SSSR count). The molecule has 0 aliphatic rings. The van der Waals surface area contributed by atoms with E-state index in [4.69, 9.17) is 4.42 Å². The number of aromatic nitrogens is 2. The quantitative estimate of drug-likeness (QED) is 0.843. The van der Waals surface area contributed by atoms with Crippen LogP contribution in [0.5, 0.6) is 0 Å². The van der Waals surface area contributed by atoms with Gasteiger partial charge in [0.2, 0.25) is 5.95 Å². The fourth-order valence-electron chi connectivity index (χ4n) is 1.51. The number of hydrogen-bond donors (Lipinski definition) is 2. The van der Waals surface area contributed by atoms with Crippen molar-refractivity contribution in [2.75, 3.05) is 11.9 Å². The van der Waals surface area contributed by atoms with Gasteiger partial charge in [0.05, 0.1) is 18.4 Å². The summed E-state index contributed by atoms with van der Waals surface area (Å²) in [4.78, 5) is 20.0. The largest absolute Gasteiger partial charge is 0.467 e. The zero-order valence-corrected chi connectivity index (χ0v) is 11.6. The van der Waals surface area contributed by atoms with Crippen molar-refractivity contribution in [3.8, 4) is 0 Å². The van der Waals surface area contributed by atoms with E-state index in [1.165, 1.54) is 12.4 Å². The lowest BCUT2D eigenvalue weighted by Crippen LogP contribution is -2.27. The molecule has 0 radical (unpaired) electrons. The normalized spacial score (nSPS) is 10.6. The van der Waals surface area contributed by atoms with Gasteiger partial charge < -0.3 is 15.1 Å². The van der Waals surface area contributed by atoms with Gasteiger partial charge in [0.25, 0.3) is 5.91 Å². The number of nitrogens with one attached hydrogen (secondary N) is 2. The molecule has 0 atom stereocenters. The lowest BCUT2D eigenvalue weighted by Gasteiger charge is -2.07. The highest BCUT2D eigenvalue weighted by molar-refractivity contribution is 5.93. The van der Waals surface area contributed by atoms with Gasteiger partial charge in [0, 0.05) is 18.9 Å². The van der Waals surface area contributed by atoms with Gasteiger partial charge in [-0.2, -0.15) is 0 Å². The van der Waals surface area contributed by atoms with Gasteiger partial charge in [-0.1, -0.05) is 13.8 Å². The van der Waals surface area contributed by atoms with Crippen molar-refractivity contribution in [3.05, 3.63) is 42.1 Å². The van der Waals surface area contributed by atoms with Gasteiger partial charge >= 0.3 is 0 Å². The zero-order valence-electron chi connectivity index (χ0n) is 11.6. The van der Waals surface area contributed by atoms with Gasteiger partial charge in [-0.3, -0.25) is 4.79 Å². The Morgan fingerprint density at radius 3 is 2.70 bits per heavy atom. The van der Waals surface area contributed by atoms with E-state index in [0.29, 0.717) is 30.5 Å². The van der Waals surface area contributed by atoms with Crippen LogP contribution in [0.3, 0.4) is 0 Å². The third kappa shape index (κ3) is 4.08. The zero-order chi connectivity index (χ0) is 14.4. The van der Waals surface area contributed by atoms with Crippen LogP contribution in [0.4, 0.5) is 5.95 Å². The molecule has 0 unspecified atom stereocenters. The summed E-state index contributed by atoms with van der Waals surface area (Å²) in [6, 6.07) is 3.68. The molecule has 20 heavy (non-hydrogen) atoms. The van der Waals surface area contributed by atoms with E-state index >= 15 is 0 Å². The summed E-state index contributed by atoms with van der Waals surface area (Å²) in [6.45, 7) is 5.22. The molecule has 0 bridgehead atoms. The van der Waals surface area contributed by atoms with Gasteiger partial charge in [0.15, 0.2) is 0 Å².